The van der Waals surface area contributed by atoms with Crippen LogP contribution in [0.4, 0.5) is 17.1 Å². The van der Waals surface area contributed by atoms with Gasteiger partial charge in [-0.25, -0.2) is 0 Å². The van der Waals surface area contributed by atoms with Crippen molar-refractivity contribution in [2.45, 2.75) is 32.4 Å². The van der Waals surface area contributed by atoms with Crippen molar-refractivity contribution in [3.63, 3.8) is 0 Å². The smallest absolute Gasteiger partial charge is 0.300 e. The standard InChI is InChI=1S/C19H22N3O5Si/c1-12(11-28)19(2,3)27-14-6-8-16(18(23)10-14)21-20-15-7-5-13(26-4)9-17(15)22(24)25/h5-10,12,23H,11H2,1-4H3. The average Bonchev–Trinajstić information content (AvgIpc) is 2.66. The second-order valence-electron chi connectivity index (χ2n) is 6.77. The van der Waals surface area contributed by atoms with Crippen molar-refractivity contribution >= 4 is 27.3 Å². The fourth-order valence-electron chi connectivity index (χ4n) is 2.27. The Kier molecular flexibility index (Phi) is 6.74. The van der Waals surface area contributed by atoms with Crippen LogP contribution in [0.15, 0.2) is 46.6 Å². The van der Waals surface area contributed by atoms with Gasteiger partial charge in [0, 0.05) is 16.3 Å². The molecule has 0 heterocycles. The molecule has 2 aromatic carbocycles. The third-order valence-corrected chi connectivity index (χ3v) is 5.08. The summed E-state index contributed by atoms with van der Waals surface area (Å²) in [4.78, 5) is 10.6. The summed E-state index contributed by atoms with van der Waals surface area (Å²) in [6, 6.07) is 9.66. The molecule has 1 unspecified atom stereocenters. The van der Waals surface area contributed by atoms with E-state index in [4.69, 9.17) is 9.47 Å². The van der Waals surface area contributed by atoms with Crippen LogP contribution in [0.25, 0.3) is 0 Å². The van der Waals surface area contributed by atoms with Crippen LogP contribution >= 0.6 is 0 Å². The Balaban J connectivity index is 2.25. The highest BCUT2D eigenvalue weighted by atomic mass is 28.1. The molecule has 0 aliphatic rings. The van der Waals surface area contributed by atoms with Crippen LogP contribution in [0.5, 0.6) is 17.2 Å². The Morgan fingerprint density at radius 2 is 1.79 bits per heavy atom. The fraction of sp³-hybridized carbons (Fsp3) is 0.368. The maximum Gasteiger partial charge on any atom is 0.300 e. The number of aromatic hydroxyl groups is 1. The molecule has 0 saturated carbocycles. The highest BCUT2D eigenvalue weighted by Crippen LogP contribution is 2.37. The van der Waals surface area contributed by atoms with Gasteiger partial charge in [-0.15, -0.1) is 10.2 Å². The lowest BCUT2D eigenvalue weighted by atomic mass is 9.94. The predicted molar refractivity (Wildman–Crippen MR) is 106 cm³/mol. The average molecular weight is 400 g/mol. The molecule has 1 atom stereocenters. The minimum Gasteiger partial charge on any atom is -0.505 e. The number of hydrogen-bond donors (Lipinski definition) is 1. The highest BCUT2D eigenvalue weighted by molar-refractivity contribution is 6.08. The summed E-state index contributed by atoms with van der Waals surface area (Å²) >= 11 is 0. The molecule has 8 nitrogen and oxygen atoms in total. The lowest BCUT2D eigenvalue weighted by Gasteiger charge is -2.32. The number of rotatable bonds is 8. The molecule has 2 aromatic rings. The van der Waals surface area contributed by atoms with E-state index in [1.807, 2.05) is 13.8 Å². The number of hydrogen-bond acceptors (Lipinski definition) is 7. The Labute approximate surface area is 166 Å². The highest BCUT2D eigenvalue weighted by Gasteiger charge is 2.26. The molecule has 0 aliphatic carbocycles. The molecule has 28 heavy (non-hydrogen) atoms. The maximum absolute atomic E-state index is 11.2. The van der Waals surface area contributed by atoms with Crippen molar-refractivity contribution in [3.05, 3.63) is 46.5 Å². The third kappa shape index (κ3) is 5.07. The van der Waals surface area contributed by atoms with E-state index in [1.165, 1.54) is 31.4 Å². The van der Waals surface area contributed by atoms with Gasteiger partial charge in [0.25, 0.3) is 5.69 Å². The Bertz CT molecular complexity index is 886. The van der Waals surface area contributed by atoms with Gasteiger partial charge in [-0.2, -0.15) is 0 Å². The number of ether oxygens (including phenoxy) is 2. The first-order valence-corrected chi connectivity index (χ1v) is 9.29. The molecular weight excluding hydrogens is 378 g/mol. The summed E-state index contributed by atoms with van der Waals surface area (Å²) in [6.07, 6.45) is 0. The van der Waals surface area contributed by atoms with Crippen LogP contribution in [-0.4, -0.2) is 33.0 Å². The maximum atomic E-state index is 11.2. The molecule has 147 valence electrons. The predicted octanol–water partition coefficient (Wildman–Crippen LogP) is 5.10. The molecule has 2 rings (SSSR count). The SMILES string of the molecule is COc1ccc(N=Nc2ccc(OC(C)(C)C(C)C[Si])cc2O)c([N+](=O)[O-])c1. The van der Waals surface area contributed by atoms with Gasteiger partial charge < -0.3 is 14.6 Å². The summed E-state index contributed by atoms with van der Waals surface area (Å²) in [5.41, 5.74) is -0.463. The van der Waals surface area contributed by atoms with Gasteiger partial charge in [0.1, 0.15) is 28.5 Å². The van der Waals surface area contributed by atoms with E-state index >= 15 is 0 Å². The van der Waals surface area contributed by atoms with Gasteiger partial charge >= 0.3 is 0 Å². The Morgan fingerprint density at radius 1 is 1.18 bits per heavy atom. The van der Waals surface area contributed by atoms with Crippen LogP contribution in [0.1, 0.15) is 20.8 Å². The molecule has 0 aromatic heterocycles. The van der Waals surface area contributed by atoms with Crippen molar-refractivity contribution in [1.29, 1.82) is 0 Å². The zero-order valence-electron chi connectivity index (χ0n) is 16.2. The number of nitrogens with zero attached hydrogens (tertiary/aromatic N) is 3. The number of azo groups is 1. The van der Waals surface area contributed by atoms with E-state index in [9.17, 15) is 15.2 Å². The number of nitro groups is 1. The van der Waals surface area contributed by atoms with Crippen molar-refractivity contribution in [2.75, 3.05) is 7.11 Å². The molecular formula is C19H22N3O5Si. The second kappa shape index (κ2) is 8.83. The fourth-order valence-corrected chi connectivity index (χ4v) is 2.76. The van der Waals surface area contributed by atoms with E-state index in [-0.39, 0.29) is 28.7 Å². The van der Waals surface area contributed by atoms with Crippen molar-refractivity contribution in [1.82, 2.24) is 0 Å². The molecule has 3 radical (unpaired) electrons. The van der Waals surface area contributed by atoms with Crippen LogP contribution < -0.4 is 9.47 Å². The normalized spacial score (nSPS) is 12.8. The molecule has 9 heteroatoms. The summed E-state index contributed by atoms with van der Waals surface area (Å²) in [5, 5.41) is 29.3. The molecule has 0 bridgehead atoms. The molecule has 0 spiro atoms. The zero-order chi connectivity index (χ0) is 20.9. The first-order valence-electron chi connectivity index (χ1n) is 8.58. The lowest BCUT2D eigenvalue weighted by molar-refractivity contribution is -0.384. The summed E-state index contributed by atoms with van der Waals surface area (Å²) < 4.78 is 10.9. The Hall–Kier alpha value is -2.94. The third-order valence-electron chi connectivity index (χ3n) is 4.47. The van der Waals surface area contributed by atoms with E-state index in [2.05, 4.69) is 27.4 Å². The van der Waals surface area contributed by atoms with E-state index in [0.29, 0.717) is 11.5 Å². The summed E-state index contributed by atoms with van der Waals surface area (Å²) in [7, 11) is 4.91. The van der Waals surface area contributed by atoms with Gasteiger partial charge in [0.05, 0.1) is 18.1 Å². The monoisotopic (exact) mass is 400 g/mol. The first kappa shape index (κ1) is 21.4. The van der Waals surface area contributed by atoms with Crippen molar-refractivity contribution < 1.29 is 19.5 Å². The minimum atomic E-state index is -0.569. The molecule has 0 aliphatic heterocycles. The summed E-state index contributed by atoms with van der Waals surface area (Å²) in [6.45, 7) is 5.98. The van der Waals surface area contributed by atoms with Crippen LogP contribution in [-0.2, 0) is 0 Å². The Morgan fingerprint density at radius 3 is 2.36 bits per heavy atom. The molecule has 1 N–H and O–H groups in total. The van der Waals surface area contributed by atoms with Crippen LogP contribution in [0.3, 0.4) is 0 Å². The number of phenolic OH excluding ortho intramolecular Hbond substituents is 1. The van der Waals surface area contributed by atoms with Gasteiger partial charge in [0.2, 0.25) is 0 Å². The van der Waals surface area contributed by atoms with Gasteiger partial charge in [-0.3, -0.25) is 10.1 Å². The molecule has 0 saturated heterocycles. The van der Waals surface area contributed by atoms with Crippen LogP contribution in [0, 0.1) is 16.0 Å². The van der Waals surface area contributed by atoms with E-state index in [1.54, 1.807) is 12.1 Å². The minimum absolute atomic E-state index is 0.0533. The summed E-state index contributed by atoms with van der Waals surface area (Å²) in [5.74, 6) is 0.930. The van der Waals surface area contributed by atoms with E-state index < -0.39 is 10.5 Å². The number of phenols is 1. The zero-order valence-corrected chi connectivity index (χ0v) is 17.2. The first-order chi connectivity index (χ1) is 13.2. The van der Waals surface area contributed by atoms with Gasteiger partial charge in [0.15, 0.2) is 5.69 Å². The molecule has 0 fully saturated rings. The largest absolute Gasteiger partial charge is 0.505 e. The van der Waals surface area contributed by atoms with Crippen molar-refractivity contribution in [2.24, 2.45) is 16.1 Å². The quantitative estimate of drug-likeness (QED) is 0.287. The van der Waals surface area contributed by atoms with Gasteiger partial charge in [-0.1, -0.05) is 13.0 Å². The van der Waals surface area contributed by atoms with Crippen molar-refractivity contribution in [3.8, 4) is 17.2 Å². The van der Waals surface area contributed by atoms with E-state index in [0.717, 1.165) is 6.04 Å². The van der Waals surface area contributed by atoms with Crippen LogP contribution in [0.2, 0.25) is 6.04 Å². The lowest BCUT2D eigenvalue weighted by Crippen LogP contribution is -2.35. The number of nitro benzene ring substituents is 1. The second-order valence-corrected chi connectivity index (χ2v) is 7.18. The topological polar surface area (TPSA) is 107 Å². The van der Waals surface area contributed by atoms with Gasteiger partial charge in [-0.05, 0) is 44.0 Å². The number of benzene rings is 2. The number of methoxy groups -OCH3 is 1. The molecule has 0 amide bonds.